The van der Waals surface area contributed by atoms with E-state index in [0.29, 0.717) is 12.8 Å². The van der Waals surface area contributed by atoms with Crippen molar-refractivity contribution in [3.05, 3.63) is 0 Å². The monoisotopic (exact) mass is 632 g/mol. The minimum Gasteiger partial charge on any atom is -0.0837 e. The molecule has 0 saturated carbocycles. The second-order valence-electron chi connectivity index (χ2n) is 9.80. The van der Waals surface area contributed by atoms with Gasteiger partial charge in [-0.2, -0.15) is 0 Å². The lowest BCUT2D eigenvalue weighted by Crippen LogP contribution is -2.00. The summed E-state index contributed by atoms with van der Waals surface area (Å²) in [5.41, 5.74) is 0. The van der Waals surface area contributed by atoms with Crippen molar-refractivity contribution in [3.63, 3.8) is 0 Å². The van der Waals surface area contributed by atoms with Gasteiger partial charge in [-0.25, -0.2) is 0 Å². The predicted octanol–water partition coefficient (Wildman–Crippen LogP) is 10.9. The summed E-state index contributed by atoms with van der Waals surface area (Å²) in [6.07, 6.45) is 28.5. The normalized spacial score (nSPS) is 12.2. The van der Waals surface area contributed by atoms with Gasteiger partial charge in [-0.1, -0.05) is 197 Å². The van der Waals surface area contributed by atoms with Gasteiger partial charge in [0.05, 0.1) is 0 Å². The smallest absolute Gasteiger partial charge is 0.0837 e. The molecule has 0 atom stereocenters. The summed E-state index contributed by atoms with van der Waals surface area (Å²) >= 11 is 34.0. The van der Waals surface area contributed by atoms with Gasteiger partial charge in [-0.05, 0) is 25.7 Å². The van der Waals surface area contributed by atoms with Crippen molar-refractivity contribution in [2.45, 2.75) is 161 Å². The Kier molecular flexibility index (Phi) is 31.8. The van der Waals surface area contributed by atoms with Crippen molar-refractivity contribution < 1.29 is 0 Å². The molecule has 0 aromatic heterocycles. The van der Waals surface area contributed by atoms with Crippen LogP contribution in [0.5, 0.6) is 0 Å². The third-order valence-electron chi connectivity index (χ3n) is 6.13. The first kappa shape index (κ1) is 38.3. The van der Waals surface area contributed by atoms with Crippen LogP contribution in [0.15, 0.2) is 0 Å². The van der Waals surface area contributed by atoms with Gasteiger partial charge in [0.15, 0.2) is 7.59 Å². The second-order valence-corrected chi connectivity index (χ2v) is 16.8. The largest absolute Gasteiger partial charge is 0.190 e. The number of unbranched alkanes of at least 4 members (excludes halogenated alkanes) is 18. The molecule has 0 fully saturated rings. The van der Waals surface area contributed by atoms with E-state index in [9.17, 15) is 0 Å². The average Bonchev–Trinajstić information content (AvgIpc) is 2.75. The minimum atomic E-state index is -1.04. The number of halogens is 6. The highest BCUT2D eigenvalue weighted by atomic mass is 35.6. The van der Waals surface area contributed by atoms with Crippen LogP contribution >= 0.6 is 69.6 Å². The van der Waals surface area contributed by atoms with Crippen LogP contribution in [0.1, 0.15) is 141 Å². The van der Waals surface area contributed by atoms with Gasteiger partial charge < -0.3 is 0 Å². The van der Waals surface area contributed by atoms with Crippen LogP contribution in [0.4, 0.5) is 0 Å². The highest BCUT2D eigenvalue weighted by Crippen LogP contribution is 2.32. The molecular formula is C26H54Cl6Si2. The van der Waals surface area contributed by atoms with Crippen LogP contribution in [0.3, 0.4) is 0 Å². The Morgan fingerprint density at radius 3 is 0.647 bits per heavy atom. The van der Waals surface area contributed by atoms with Crippen LogP contribution in [0.25, 0.3) is 0 Å². The molecule has 0 spiro atoms. The lowest BCUT2D eigenvalue weighted by Gasteiger charge is -2.09. The van der Waals surface area contributed by atoms with Crippen molar-refractivity contribution >= 4 is 90.1 Å². The number of hydrogen-bond donors (Lipinski definition) is 0. The molecule has 0 aromatic rings. The molecule has 0 N–H and O–H groups in total. The molecule has 0 heterocycles. The maximum atomic E-state index is 5.73. The van der Waals surface area contributed by atoms with Crippen molar-refractivity contribution in [1.29, 1.82) is 0 Å². The van der Waals surface area contributed by atoms with Gasteiger partial charge in [-0.15, -0.1) is 0 Å². The molecule has 208 valence electrons. The van der Waals surface area contributed by atoms with E-state index in [1.54, 1.807) is 0 Å². The first-order chi connectivity index (χ1) is 16.1. The highest BCUT2D eigenvalue weighted by Gasteiger charge is 2.18. The van der Waals surface area contributed by atoms with Crippen LogP contribution in [-0.4, -0.2) is 28.1 Å². The zero-order chi connectivity index (χ0) is 26.0. The minimum absolute atomic E-state index is 0.692. The lowest BCUT2D eigenvalue weighted by atomic mass is 10.0. The molecule has 0 saturated heterocycles. The maximum Gasteiger partial charge on any atom is 0.190 e. The summed E-state index contributed by atoms with van der Waals surface area (Å²) in [6.45, 7) is 0. The van der Waals surface area contributed by atoms with Gasteiger partial charge in [0.1, 0.15) is 0 Å². The molecule has 0 aromatic carbocycles. The van der Waals surface area contributed by atoms with Gasteiger partial charge in [0.2, 0.25) is 0 Å². The van der Waals surface area contributed by atoms with Crippen molar-refractivity contribution in [3.8, 4) is 0 Å². The van der Waals surface area contributed by atoms with Crippen LogP contribution < -0.4 is 0 Å². The Labute approximate surface area is 249 Å². The van der Waals surface area contributed by atoms with Crippen LogP contribution in [-0.2, 0) is 0 Å². The van der Waals surface area contributed by atoms with Gasteiger partial charge >= 0.3 is 0 Å². The first-order valence-corrected chi connectivity index (χ1v) is 19.4. The molecule has 0 amide bonds. The molecule has 0 unspecified atom stereocenters. The van der Waals surface area contributed by atoms with Gasteiger partial charge in [0.25, 0.3) is 0 Å². The zero-order valence-electron chi connectivity index (χ0n) is 22.2. The summed E-state index contributed by atoms with van der Waals surface area (Å²) in [6, 6.07) is 2.91. The summed E-state index contributed by atoms with van der Waals surface area (Å²) in [4.78, 5) is 0. The molecule has 0 bridgehead atoms. The van der Waals surface area contributed by atoms with E-state index in [-0.39, 0.29) is 0 Å². The van der Waals surface area contributed by atoms with E-state index in [4.69, 9.17) is 69.6 Å². The number of alkyl halides is 6. The third kappa shape index (κ3) is 41.3. The average molecular weight is 636 g/mol. The molecule has 0 radical (unpaired) electrons. The Morgan fingerprint density at radius 2 is 0.471 bits per heavy atom. The van der Waals surface area contributed by atoms with E-state index < -0.39 is 7.59 Å². The topological polar surface area (TPSA) is 0 Å². The fourth-order valence-corrected chi connectivity index (χ4v) is 5.78. The Morgan fingerprint density at radius 1 is 0.294 bits per heavy atom. The van der Waals surface area contributed by atoms with E-state index in [1.165, 1.54) is 148 Å². The second kappa shape index (κ2) is 28.2. The van der Waals surface area contributed by atoms with E-state index in [2.05, 4.69) is 0 Å². The van der Waals surface area contributed by atoms with Crippen LogP contribution in [0, 0.1) is 0 Å². The fraction of sp³-hybridized carbons (Fsp3) is 1.00. The maximum absolute atomic E-state index is 5.73. The Balaban J connectivity index is 0. The number of hydrogen-bond acceptors (Lipinski definition) is 0. The predicted molar refractivity (Wildman–Crippen MR) is 172 cm³/mol. The SMILES string of the molecule is [SiH3]CCCCCCCC(Cl)(Cl)Cl.[SiH3]CCCCCCCCCCCCCCCCCC(Cl)(Cl)Cl. The molecule has 8 heteroatoms. The lowest BCUT2D eigenvalue weighted by molar-refractivity contribution is 0.530. The highest BCUT2D eigenvalue weighted by molar-refractivity contribution is 6.67. The molecular weight excluding hydrogens is 581 g/mol. The molecule has 0 rings (SSSR count). The molecule has 0 aliphatic heterocycles. The number of rotatable bonds is 22. The summed E-state index contributed by atoms with van der Waals surface area (Å²) < 4.78 is -2.07. The van der Waals surface area contributed by atoms with Gasteiger partial charge in [-0.3, -0.25) is 0 Å². The quantitative estimate of drug-likeness (QED) is 0.0631. The molecule has 0 nitrogen and oxygen atoms in total. The third-order valence-corrected chi connectivity index (χ3v) is 8.68. The van der Waals surface area contributed by atoms with Crippen molar-refractivity contribution in [2.75, 3.05) is 0 Å². The summed E-state index contributed by atoms with van der Waals surface area (Å²) in [7, 11) is 2.73. The fourth-order valence-electron chi connectivity index (χ4n) is 3.98. The van der Waals surface area contributed by atoms with E-state index in [1.807, 2.05) is 0 Å². The molecule has 34 heavy (non-hydrogen) atoms. The van der Waals surface area contributed by atoms with E-state index >= 15 is 0 Å². The standard InChI is InChI=1S/C18H37Cl3Si.C8H17Cl3Si/c19-18(20,21)16-14-12-10-8-6-4-2-1-3-5-7-9-11-13-15-17-22;9-8(10,11)6-4-2-1-3-5-7-12/h1-17H2,22H3;1-7H2,12H3. The molecule has 0 aliphatic rings. The van der Waals surface area contributed by atoms with Crippen LogP contribution in [0.2, 0.25) is 12.1 Å². The van der Waals surface area contributed by atoms with E-state index in [0.717, 1.165) is 12.8 Å². The Bertz CT molecular complexity index is 386. The first-order valence-electron chi connectivity index (χ1n) is 14.3. The summed E-state index contributed by atoms with van der Waals surface area (Å²) in [5, 5.41) is 0. The van der Waals surface area contributed by atoms with Crippen molar-refractivity contribution in [1.82, 2.24) is 0 Å². The zero-order valence-corrected chi connectivity index (χ0v) is 30.8. The summed E-state index contributed by atoms with van der Waals surface area (Å²) in [5.74, 6) is 0. The molecule has 0 aliphatic carbocycles. The Hall–Kier alpha value is 2.17. The van der Waals surface area contributed by atoms with Crippen molar-refractivity contribution in [2.24, 2.45) is 0 Å². The van der Waals surface area contributed by atoms with Gasteiger partial charge in [0, 0.05) is 20.5 Å².